The summed E-state index contributed by atoms with van der Waals surface area (Å²) in [4.78, 5) is 16.1. The number of thiazole rings is 1. The van der Waals surface area contributed by atoms with Crippen molar-refractivity contribution in [1.82, 2.24) is 10.3 Å². The zero-order chi connectivity index (χ0) is 12.9. The van der Waals surface area contributed by atoms with Gasteiger partial charge in [0.05, 0.1) is 11.6 Å². The van der Waals surface area contributed by atoms with Crippen LogP contribution in [0.25, 0.3) is 0 Å². The van der Waals surface area contributed by atoms with Gasteiger partial charge in [-0.3, -0.25) is 4.79 Å². The first-order chi connectivity index (χ1) is 7.97. The van der Waals surface area contributed by atoms with Gasteiger partial charge in [-0.25, -0.2) is 4.98 Å². The normalized spacial score (nSPS) is 13.4. The lowest BCUT2D eigenvalue weighted by Gasteiger charge is -2.25. The molecule has 0 spiro atoms. The Labute approximate surface area is 107 Å². The van der Waals surface area contributed by atoms with Gasteiger partial charge in [-0.2, -0.15) is 0 Å². The number of rotatable bonds is 6. The third-order valence-corrected chi connectivity index (χ3v) is 3.70. The van der Waals surface area contributed by atoms with Gasteiger partial charge in [0.1, 0.15) is 5.01 Å². The Morgan fingerprint density at radius 2 is 2.35 bits per heavy atom. The molecule has 1 aromatic heterocycles. The van der Waals surface area contributed by atoms with Crippen LogP contribution in [0, 0.1) is 0 Å². The van der Waals surface area contributed by atoms with Crippen LogP contribution < -0.4 is 11.1 Å². The van der Waals surface area contributed by atoms with E-state index in [0.29, 0.717) is 0 Å². The first kappa shape index (κ1) is 14.1. The third kappa shape index (κ3) is 4.09. The second-order valence-corrected chi connectivity index (χ2v) is 5.59. The number of hydrogen-bond donors (Lipinski definition) is 2. The molecule has 0 saturated heterocycles. The van der Waals surface area contributed by atoms with Crippen LogP contribution in [0.15, 0.2) is 11.6 Å². The zero-order valence-corrected chi connectivity index (χ0v) is 11.5. The average Bonchev–Trinajstić information content (AvgIpc) is 2.79. The molecule has 1 heterocycles. The molecule has 0 radical (unpaired) electrons. The molecule has 0 aliphatic rings. The van der Waals surface area contributed by atoms with E-state index in [9.17, 15) is 4.79 Å². The Hall–Kier alpha value is -0.940. The second-order valence-electron chi connectivity index (χ2n) is 4.70. The predicted octanol–water partition coefficient (Wildman–Crippen LogP) is 2.01. The Morgan fingerprint density at radius 3 is 2.88 bits per heavy atom. The summed E-state index contributed by atoms with van der Waals surface area (Å²) in [5, 5.41) is 5.75. The summed E-state index contributed by atoms with van der Waals surface area (Å²) >= 11 is 1.53. The van der Waals surface area contributed by atoms with Gasteiger partial charge in [0.2, 0.25) is 5.91 Å². The van der Waals surface area contributed by atoms with Crippen molar-refractivity contribution in [3.8, 4) is 0 Å². The number of unbranched alkanes of at least 4 members (excludes halogenated alkanes) is 1. The van der Waals surface area contributed by atoms with E-state index in [1.54, 1.807) is 6.20 Å². The van der Waals surface area contributed by atoms with Crippen LogP contribution in [0.1, 0.15) is 45.0 Å². The zero-order valence-electron chi connectivity index (χ0n) is 10.7. The molecule has 96 valence electrons. The van der Waals surface area contributed by atoms with Gasteiger partial charge in [0.15, 0.2) is 0 Å². The molecule has 1 unspecified atom stereocenters. The summed E-state index contributed by atoms with van der Waals surface area (Å²) in [5.41, 5.74) is 5.39. The highest BCUT2D eigenvalue weighted by atomic mass is 32.1. The molecule has 0 bridgehead atoms. The van der Waals surface area contributed by atoms with Gasteiger partial charge in [-0.05, 0) is 20.3 Å². The highest BCUT2D eigenvalue weighted by Gasteiger charge is 2.27. The van der Waals surface area contributed by atoms with Crippen molar-refractivity contribution >= 4 is 17.2 Å². The lowest BCUT2D eigenvalue weighted by atomic mass is 10.0. The van der Waals surface area contributed by atoms with Crippen molar-refractivity contribution in [1.29, 1.82) is 0 Å². The van der Waals surface area contributed by atoms with E-state index >= 15 is 0 Å². The highest BCUT2D eigenvalue weighted by molar-refractivity contribution is 7.09. The van der Waals surface area contributed by atoms with Crippen LogP contribution in [0.5, 0.6) is 0 Å². The molecule has 1 rings (SSSR count). The van der Waals surface area contributed by atoms with Crippen molar-refractivity contribution < 1.29 is 4.79 Å². The van der Waals surface area contributed by atoms with Crippen LogP contribution in [0.3, 0.4) is 0 Å². The summed E-state index contributed by atoms with van der Waals surface area (Å²) in [5.74, 6) is -0.0985. The molecule has 4 nitrogen and oxygen atoms in total. The van der Waals surface area contributed by atoms with E-state index in [1.807, 2.05) is 19.2 Å². The Kier molecular flexibility index (Phi) is 5.08. The number of amides is 1. The number of carbonyl (C=O) groups is 1. The molecule has 3 N–H and O–H groups in total. The lowest BCUT2D eigenvalue weighted by Crippen LogP contribution is -2.48. The SMILES string of the molecule is CCCCC(N)C(=O)NC(C)(C)c1nccs1. The van der Waals surface area contributed by atoms with Crippen LogP contribution in [-0.2, 0) is 10.3 Å². The van der Waals surface area contributed by atoms with E-state index in [0.717, 1.165) is 24.3 Å². The van der Waals surface area contributed by atoms with Gasteiger partial charge in [0.25, 0.3) is 0 Å². The van der Waals surface area contributed by atoms with Crippen LogP contribution in [0.2, 0.25) is 0 Å². The smallest absolute Gasteiger partial charge is 0.237 e. The molecular weight excluding hydrogens is 234 g/mol. The quantitative estimate of drug-likeness (QED) is 0.817. The molecule has 0 saturated carbocycles. The fraction of sp³-hybridized carbons (Fsp3) is 0.667. The Morgan fingerprint density at radius 1 is 1.65 bits per heavy atom. The number of nitrogens with two attached hydrogens (primary N) is 1. The molecule has 5 heteroatoms. The minimum absolute atomic E-state index is 0.0985. The van der Waals surface area contributed by atoms with E-state index in [1.165, 1.54) is 11.3 Å². The number of hydrogen-bond acceptors (Lipinski definition) is 4. The second kappa shape index (κ2) is 6.12. The van der Waals surface area contributed by atoms with Gasteiger partial charge >= 0.3 is 0 Å². The maximum absolute atomic E-state index is 11.9. The van der Waals surface area contributed by atoms with Gasteiger partial charge in [-0.15, -0.1) is 11.3 Å². The molecule has 17 heavy (non-hydrogen) atoms. The summed E-state index contributed by atoms with van der Waals surface area (Å²) in [7, 11) is 0. The maximum atomic E-state index is 11.9. The summed E-state index contributed by atoms with van der Waals surface area (Å²) in [6.07, 6.45) is 4.50. The van der Waals surface area contributed by atoms with Crippen molar-refractivity contribution in [2.75, 3.05) is 0 Å². The number of carbonyl (C=O) groups excluding carboxylic acids is 1. The summed E-state index contributed by atoms with van der Waals surface area (Å²) in [6, 6.07) is -0.422. The molecule has 0 aliphatic heterocycles. The summed E-state index contributed by atoms with van der Waals surface area (Å²) < 4.78 is 0. The largest absolute Gasteiger partial charge is 0.343 e. The van der Waals surface area contributed by atoms with Gasteiger partial charge in [0, 0.05) is 11.6 Å². The lowest BCUT2D eigenvalue weighted by molar-refractivity contribution is -0.124. The van der Waals surface area contributed by atoms with E-state index in [-0.39, 0.29) is 5.91 Å². The van der Waals surface area contributed by atoms with Gasteiger partial charge < -0.3 is 11.1 Å². The minimum atomic E-state index is -0.449. The molecule has 0 fully saturated rings. The molecule has 1 aromatic rings. The van der Waals surface area contributed by atoms with Crippen molar-refractivity contribution in [2.24, 2.45) is 5.73 Å². The highest BCUT2D eigenvalue weighted by Crippen LogP contribution is 2.22. The van der Waals surface area contributed by atoms with Crippen molar-refractivity contribution in [2.45, 2.75) is 51.6 Å². The van der Waals surface area contributed by atoms with Crippen LogP contribution in [0.4, 0.5) is 0 Å². The van der Waals surface area contributed by atoms with Crippen LogP contribution in [-0.4, -0.2) is 16.9 Å². The standard InChI is InChI=1S/C12H21N3OS/c1-4-5-6-9(13)10(16)15-12(2,3)11-14-7-8-17-11/h7-9H,4-6,13H2,1-3H3,(H,15,16). The van der Waals surface area contributed by atoms with Crippen LogP contribution >= 0.6 is 11.3 Å². The predicted molar refractivity (Wildman–Crippen MR) is 70.8 cm³/mol. The van der Waals surface area contributed by atoms with E-state index in [4.69, 9.17) is 5.73 Å². The average molecular weight is 255 g/mol. The fourth-order valence-corrected chi connectivity index (χ4v) is 2.26. The monoisotopic (exact) mass is 255 g/mol. The molecular formula is C12H21N3OS. The Balaban J connectivity index is 2.55. The first-order valence-electron chi connectivity index (χ1n) is 5.95. The molecule has 1 atom stereocenters. The molecule has 0 aliphatic carbocycles. The van der Waals surface area contributed by atoms with E-state index < -0.39 is 11.6 Å². The first-order valence-corrected chi connectivity index (χ1v) is 6.83. The maximum Gasteiger partial charge on any atom is 0.237 e. The Bertz CT molecular complexity index is 349. The number of nitrogens with one attached hydrogen (secondary N) is 1. The topological polar surface area (TPSA) is 68.0 Å². The molecule has 0 aromatic carbocycles. The third-order valence-electron chi connectivity index (χ3n) is 2.61. The number of aromatic nitrogens is 1. The fourth-order valence-electron chi connectivity index (χ4n) is 1.54. The van der Waals surface area contributed by atoms with Crippen molar-refractivity contribution in [3.63, 3.8) is 0 Å². The number of nitrogens with zero attached hydrogens (tertiary/aromatic N) is 1. The summed E-state index contributed by atoms with van der Waals surface area (Å²) in [6.45, 7) is 5.97. The van der Waals surface area contributed by atoms with Crippen molar-refractivity contribution in [3.05, 3.63) is 16.6 Å². The van der Waals surface area contributed by atoms with Gasteiger partial charge in [-0.1, -0.05) is 19.8 Å². The molecule has 1 amide bonds. The minimum Gasteiger partial charge on any atom is -0.343 e. The van der Waals surface area contributed by atoms with E-state index in [2.05, 4.69) is 17.2 Å².